The largest absolute Gasteiger partial charge is 0.339 e. The van der Waals surface area contributed by atoms with Gasteiger partial charge in [-0.05, 0) is 26.8 Å². The molecule has 1 aliphatic heterocycles. The topological polar surface area (TPSA) is 23.6 Å². The number of hydrogen-bond donors (Lipinski definition) is 0. The van der Waals surface area contributed by atoms with Crippen LogP contribution in [0.2, 0.25) is 0 Å². The van der Waals surface area contributed by atoms with Gasteiger partial charge in [0.05, 0.1) is 0 Å². The van der Waals surface area contributed by atoms with Crippen LogP contribution in [0.25, 0.3) is 0 Å². The molecule has 1 rings (SSSR count). The number of likely N-dealkylation sites (N-methyl/N-ethyl adjacent to an activating group) is 1. The number of rotatable bonds is 4. The Balaban J connectivity index is 2.28. The Kier molecular flexibility index (Phi) is 4.14. The summed E-state index contributed by atoms with van der Waals surface area (Å²) < 4.78 is 0. The summed E-state index contributed by atoms with van der Waals surface area (Å²) in [6.07, 6.45) is 0.693. The first kappa shape index (κ1) is 12.5. The fourth-order valence-corrected chi connectivity index (χ4v) is 1.82. The van der Waals surface area contributed by atoms with Crippen molar-refractivity contribution in [2.24, 2.45) is 5.92 Å². The monoisotopic (exact) mass is 212 g/mol. The summed E-state index contributed by atoms with van der Waals surface area (Å²) in [4.78, 5) is 16.0. The molecule has 0 N–H and O–H groups in total. The normalized spacial score (nSPS) is 17.7. The predicted molar refractivity (Wildman–Crippen MR) is 62.7 cm³/mol. The van der Waals surface area contributed by atoms with E-state index in [4.69, 9.17) is 0 Å². The van der Waals surface area contributed by atoms with Crippen LogP contribution >= 0.6 is 0 Å². The zero-order valence-electron chi connectivity index (χ0n) is 10.7. The van der Waals surface area contributed by atoms with Crippen LogP contribution in [0.1, 0.15) is 34.1 Å². The van der Waals surface area contributed by atoms with Gasteiger partial charge in [-0.25, -0.2) is 0 Å². The van der Waals surface area contributed by atoms with Crippen LogP contribution in [-0.4, -0.2) is 47.9 Å². The lowest BCUT2D eigenvalue weighted by atomic mass is 10.0. The lowest BCUT2D eigenvalue weighted by Crippen LogP contribution is -2.61. The van der Waals surface area contributed by atoms with Gasteiger partial charge in [0.25, 0.3) is 0 Å². The van der Waals surface area contributed by atoms with Gasteiger partial charge in [-0.1, -0.05) is 13.8 Å². The molecule has 0 aromatic carbocycles. The summed E-state index contributed by atoms with van der Waals surface area (Å²) in [5.41, 5.74) is 0. The zero-order valence-corrected chi connectivity index (χ0v) is 10.7. The summed E-state index contributed by atoms with van der Waals surface area (Å²) in [5, 5.41) is 0. The third-order valence-electron chi connectivity index (χ3n) is 3.19. The maximum atomic E-state index is 11.7. The first-order valence-electron chi connectivity index (χ1n) is 5.91. The molecule has 0 radical (unpaired) electrons. The van der Waals surface area contributed by atoms with Crippen LogP contribution in [0.4, 0.5) is 0 Å². The molecule has 0 aromatic rings. The van der Waals surface area contributed by atoms with Gasteiger partial charge in [0.2, 0.25) is 5.91 Å². The second kappa shape index (κ2) is 4.97. The van der Waals surface area contributed by atoms with Crippen molar-refractivity contribution in [1.29, 1.82) is 0 Å². The summed E-state index contributed by atoms with van der Waals surface area (Å²) in [5.74, 6) is 0.790. The lowest BCUT2D eigenvalue weighted by molar-refractivity contribution is -0.139. The third-order valence-corrected chi connectivity index (χ3v) is 3.19. The average Bonchev–Trinajstić information content (AvgIpc) is 1.99. The molecule has 1 heterocycles. The molecule has 3 heteroatoms. The van der Waals surface area contributed by atoms with Crippen LogP contribution in [0.15, 0.2) is 0 Å². The molecule has 3 nitrogen and oxygen atoms in total. The Morgan fingerprint density at radius 2 is 1.87 bits per heavy atom. The second-order valence-corrected chi connectivity index (χ2v) is 5.31. The first-order chi connectivity index (χ1) is 6.91. The van der Waals surface area contributed by atoms with Crippen LogP contribution in [0.3, 0.4) is 0 Å². The van der Waals surface area contributed by atoms with E-state index in [0.29, 0.717) is 30.3 Å². The SMILES string of the molecule is CC(C)CC(=O)N1CC(N(C)C(C)C)C1. The van der Waals surface area contributed by atoms with Crippen molar-refractivity contribution in [3.8, 4) is 0 Å². The van der Waals surface area contributed by atoms with E-state index in [1.807, 2.05) is 4.90 Å². The van der Waals surface area contributed by atoms with Crippen molar-refractivity contribution in [2.75, 3.05) is 20.1 Å². The number of likely N-dealkylation sites (tertiary alicyclic amines) is 1. The molecule has 1 aliphatic rings. The number of carbonyl (C=O) groups is 1. The molecule has 1 saturated heterocycles. The maximum Gasteiger partial charge on any atom is 0.222 e. The lowest BCUT2D eigenvalue weighted by Gasteiger charge is -2.45. The highest BCUT2D eigenvalue weighted by Gasteiger charge is 2.33. The number of amides is 1. The first-order valence-corrected chi connectivity index (χ1v) is 5.91. The van der Waals surface area contributed by atoms with Crippen molar-refractivity contribution in [1.82, 2.24) is 9.80 Å². The quantitative estimate of drug-likeness (QED) is 0.706. The van der Waals surface area contributed by atoms with Gasteiger partial charge in [0.15, 0.2) is 0 Å². The van der Waals surface area contributed by atoms with Crippen LogP contribution in [0.5, 0.6) is 0 Å². The van der Waals surface area contributed by atoms with E-state index in [2.05, 4.69) is 39.6 Å². The Labute approximate surface area is 93.4 Å². The van der Waals surface area contributed by atoms with Crippen LogP contribution in [-0.2, 0) is 4.79 Å². The van der Waals surface area contributed by atoms with E-state index >= 15 is 0 Å². The molecule has 0 bridgehead atoms. The fraction of sp³-hybridized carbons (Fsp3) is 0.917. The minimum absolute atomic E-state index is 0.318. The Bertz CT molecular complexity index is 220. The molecule has 88 valence electrons. The minimum atomic E-state index is 0.318. The highest BCUT2D eigenvalue weighted by atomic mass is 16.2. The molecule has 1 amide bonds. The predicted octanol–water partition coefficient (Wildman–Crippen LogP) is 1.58. The van der Waals surface area contributed by atoms with Crippen molar-refractivity contribution in [3.63, 3.8) is 0 Å². The molecule has 0 aliphatic carbocycles. The van der Waals surface area contributed by atoms with Gasteiger partial charge < -0.3 is 4.90 Å². The van der Waals surface area contributed by atoms with E-state index in [-0.39, 0.29) is 0 Å². The van der Waals surface area contributed by atoms with E-state index in [9.17, 15) is 4.79 Å². The van der Waals surface area contributed by atoms with Gasteiger partial charge in [-0.3, -0.25) is 9.69 Å². The average molecular weight is 212 g/mol. The molecule has 0 atom stereocenters. The summed E-state index contributed by atoms with van der Waals surface area (Å²) in [7, 11) is 2.14. The summed E-state index contributed by atoms with van der Waals surface area (Å²) in [6, 6.07) is 1.14. The van der Waals surface area contributed by atoms with E-state index in [0.717, 1.165) is 13.1 Å². The number of hydrogen-bond acceptors (Lipinski definition) is 2. The Morgan fingerprint density at radius 3 is 2.27 bits per heavy atom. The number of carbonyl (C=O) groups excluding carboxylic acids is 1. The van der Waals surface area contributed by atoms with Crippen molar-refractivity contribution >= 4 is 5.91 Å². The molecule has 0 aromatic heterocycles. The molecule has 0 unspecified atom stereocenters. The molecule has 15 heavy (non-hydrogen) atoms. The summed E-state index contributed by atoms with van der Waals surface area (Å²) in [6.45, 7) is 10.4. The van der Waals surface area contributed by atoms with Crippen molar-refractivity contribution < 1.29 is 4.79 Å². The fourth-order valence-electron chi connectivity index (χ4n) is 1.82. The highest BCUT2D eigenvalue weighted by Crippen LogP contribution is 2.17. The van der Waals surface area contributed by atoms with Gasteiger partial charge in [-0.2, -0.15) is 0 Å². The molecule has 0 saturated carbocycles. The minimum Gasteiger partial charge on any atom is -0.339 e. The zero-order chi connectivity index (χ0) is 11.6. The highest BCUT2D eigenvalue weighted by molar-refractivity contribution is 5.77. The van der Waals surface area contributed by atoms with E-state index in [1.54, 1.807) is 0 Å². The maximum absolute atomic E-state index is 11.7. The number of nitrogens with zero attached hydrogens (tertiary/aromatic N) is 2. The summed E-state index contributed by atoms with van der Waals surface area (Å²) >= 11 is 0. The molecular weight excluding hydrogens is 188 g/mol. The van der Waals surface area contributed by atoms with E-state index < -0.39 is 0 Å². The standard InChI is InChI=1S/C12H24N2O/c1-9(2)6-12(15)14-7-11(8-14)13(5)10(3)4/h9-11H,6-8H2,1-5H3. The molecular formula is C12H24N2O. The van der Waals surface area contributed by atoms with E-state index in [1.165, 1.54) is 0 Å². The van der Waals surface area contributed by atoms with Crippen LogP contribution in [0, 0.1) is 5.92 Å². The molecule has 0 spiro atoms. The Hall–Kier alpha value is -0.570. The molecule has 1 fully saturated rings. The van der Waals surface area contributed by atoms with Crippen molar-refractivity contribution in [3.05, 3.63) is 0 Å². The third kappa shape index (κ3) is 3.20. The van der Waals surface area contributed by atoms with Gasteiger partial charge in [0, 0.05) is 31.6 Å². The second-order valence-electron chi connectivity index (χ2n) is 5.31. The van der Waals surface area contributed by atoms with Gasteiger partial charge >= 0.3 is 0 Å². The van der Waals surface area contributed by atoms with Crippen LogP contribution < -0.4 is 0 Å². The van der Waals surface area contributed by atoms with Gasteiger partial charge in [-0.15, -0.1) is 0 Å². The van der Waals surface area contributed by atoms with Crippen molar-refractivity contribution in [2.45, 2.75) is 46.2 Å². The van der Waals surface area contributed by atoms with Gasteiger partial charge in [0.1, 0.15) is 0 Å². The Morgan fingerprint density at radius 1 is 1.33 bits per heavy atom. The smallest absolute Gasteiger partial charge is 0.222 e.